The Hall–Kier alpha value is 0.850. The molecule has 4 rings (SSSR count). The second kappa shape index (κ2) is 6.94. The summed E-state index contributed by atoms with van der Waals surface area (Å²) in [6, 6.07) is 0. The normalized spacial score (nSPS) is 45.8. The molecule has 0 aromatic heterocycles. The van der Waals surface area contributed by atoms with Crippen LogP contribution in [0.1, 0.15) is 115 Å². The van der Waals surface area contributed by atoms with Gasteiger partial charge in [0.05, 0.1) is 0 Å². The minimum Gasteiger partial charge on any atom is -0.0986 e. The first kappa shape index (κ1) is 24.0. The summed E-state index contributed by atoms with van der Waals surface area (Å²) in [6.45, 7) is 28.2. The van der Waals surface area contributed by atoms with Crippen molar-refractivity contribution in [1.82, 2.24) is 0 Å². The van der Waals surface area contributed by atoms with Crippen LogP contribution in [0.5, 0.6) is 0 Å². The number of hydrogen-bond donors (Lipinski definition) is 0. The minimum absolute atomic E-state index is 0.110. The van der Waals surface area contributed by atoms with Gasteiger partial charge in [0.2, 0.25) is 0 Å². The van der Waals surface area contributed by atoms with Gasteiger partial charge < -0.3 is 0 Å². The molecule has 170 valence electrons. The molecule has 0 aromatic carbocycles. The second-order valence-corrected chi connectivity index (χ2v) is 22.2. The molecule has 2 unspecified atom stereocenters. The maximum Gasteiger partial charge on any atom is 0.0387 e. The predicted octanol–water partition coefficient (Wildman–Crippen LogP) is 9.79. The molecule has 4 saturated heterocycles. The molecule has 0 aromatic rings. The molecule has 4 aliphatic heterocycles. The van der Waals surface area contributed by atoms with Crippen molar-refractivity contribution in [3.63, 3.8) is 0 Å². The molecule has 0 radical (unpaired) electrons. The molecule has 0 N–H and O–H groups in total. The van der Waals surface area contributed by atoms with Crippen LogP contribution < -0.4 is 0 Å². The Kier molecular flexibility index (Phi) is 5.55. The fourth-order valence-corrected chi connectivity index (χ4v) is 31.3. The zero-order valence-corrected chi connectivity index (χ0v) is 24.4. The van der Waals surface area contributed by atoms with Crippen LogP contribution in [0.15, 0.2) is 0 Å². The Morgan fingerprint density at radius 1 is 0.833 bits per heavy atom. The third kappa shape index (κ3) is 2.49. The summed E-state index contributed by atoms with van der Waals surface area (Å²) in [7, 11) is 0.0371. The van der Waals surface area contributed by atoms with E-state index in [1.807, 2.05) is 0 Å². The molecular weight excluding hydrogens is 417 g/mol. The van der Waals surface area contributed by atoms with E-state index in [0.29, 0.717) is 31.2 Å². The first-order valence-electron chi connectivity index (χ1n) is 12.6. The van der Waals surface area contributed by atoms with Crippen molar-refractivity contribution in [1.29, 1.82) is 0 Å². The summed E-state index contributed by atoms with van der Waals surface area (Å²) >= 11 is 0. The largest absolute Gasteiger partial charge is 0.0986 e. The summed E-state index contributed by atoms with van der Waals surface area (Å²) in [5.41, 5.74) is 6.50. The van der Waals surface area contributed by atoms with Crippen LogP contribution in [0.2, 0.25) is 0 Å². The van der Waals surface area contributed by atoms with Crippen molar-refractivity contribution in [3.8, 4) is 11.6 Å². The Balaban J connectivity index is 1.92. The van der Waals surface area contributed by atoms with Gasteiger partial charge >= 0.3 is 0 Å². The van der Waals surface area contributed by atoms with E-state index in [1.165, 1.54) is 32.1 Å². The van der Waals surface area contributed by atoms with Gasteiger partial charge in [-0.05, 0) is 37.0 Å². The van der Waals surface area contributed by atoms with Crippen LogP contribution in [-0.2, 0) is 0 Å². The lowest BCUT2D eigenvalue weighted by Gasteiger charge is -2.51. The summed E-state index contributed by atoms with van der Waals surface area (Å²) in [6.07, 6.45) is 8.00. The van der Waals surface area contributed by atoms with Crippen LogP contribution in [0, 0.1) is 27.8 Å². The molecule has 0 aliphatic carbocycles. The van der Waals surface area contributed by atoms with Crippen LogP contribution in [0.25, 0.3) is 0 Å². The van der Waals surface area contributed by atoms with Crippen LogP contribution in [-0.4, -0.2) is 26.0 Å². The van der Waals surface area contributed by atoms with Crippen LogP contribution >= 0.6 is 23.8 Å². The van der Waals surface area contributed by atoms with Crippen molar-refractivity contribution in [3.05, 3.63) is 0 Å². The van der Waals surface area contributed by atoms with Gasteiger partial charge in [0.25, 0.3) is 0 Å². The summed E-state index contributed by atoms with van der Waals surface area (Å²) in [5.74, 6) is 3.80. The summed E-state index contributed by atoms with van der Waals surface area (Å²) < 4.78 is 0. The first-order chi connectivity index (χ1) is 13.7. The van der Waals surface area contributed by atoms with E-state index in [9.17, 15) is 0 Å². The van der Waals surface area contributed by atoms with Gasteiger partial charge in [0.1, 0.15) is 0 Å². The summed E-state index contributed by atoms with van der Waals surface area (Å²) in [4.78, 5) is 1.17. The number of fused-ring (bicyclic) bond motifs is 2. The van der Waals surface area contributed by atoms with E-state index in [1.54, 1.807) is 0 Å². The highest BCUT2D eigenvalue weighted by Crippen LogP contribution is 3.26. The quantitative estimate of drug-likeness (QED) is 0.216. The molecule has 0 spiro atoms. The zero-order chi connectivity index (χ0) is 22.5. The Labute approximate surface area is 192 Å². The van der Waals surface area contributed by atoms with E-state index < -0.39 is 0 Å². The molecule has 30 heavy (non-hydrogen) atoms. The Bertz CT molecular complexity index is 769. The minimum atomic E-state index is -0.213. The molecule has 4 heterocycles. The number of unbranched alkanes of at least 4 members (excludes halogenated alkanes) is 3. The van der Waals surface area contributed by atoms with Gasteiger partial charge in [0, 0.05) is 32.4 Å². The smallest absolute Gasteiger partial charge is 0.0387 e. The lowest BCUT2D eigenvalue weighted by molar-refractivity contribution is 0.336. The van der Waals surface area contributed by atoms with Gasteiger partial charge in [-0.3, -0.25) is 0 Å². The van der Waals surface area contributed by atoms with Crippen molar-refractivity contribution in [2.45, 2.75) is 141 Å². The van der Waals surface area contributed by atoms with Gasteiger partial charge in [-0.1, -0.05) is 123 Å². The van der Waals surface area contributed by atoms with E-state index in [-0.39, 0.29) is 23.8 Å². The summed E-state index contributed by atoms with van der Waals surface area (Å²) in [5, 5.41) is 1.72. The van der Waals surface area contributed by atoms with Gasteiger partial charge in [-0.25, -0.2) is 0 Å². The molecule has 0 amide bonds. The molecular formula is C27H47P3. The number of rotatable bonds is 5. The van der Waals surface area contributed by atoms with Gasteiger partial charge in [0.15, 0.2) is 0 Å². The first-order valence-corrected chi connectivity index (χ1v) is 16.8. The maximum absolute atomic E-state index is 4.18. The van der Waals surface area contributed by atoms with E-state index in [2.05, 4.69) is 87.7 Å². The zero-order valence-electron chi connectivity index (χ0n) is 21.7. The fraction of sp³-hybridized carbons (Fsp3) is 0.926. The molecule has 3 heteroatoms. The van der Waals surface area contributed by atoms with Gasteiger partial charge in [-0.15, -0.1) is 0 Å². The Morgan fingerprint density at radius 2 is 1.43 bits per heavy atom. The lowest BCUT2D eigenvalue weighted by atomic mass is 9.77. The maximum atomic E-state index is 4.18. The fourth-order valence-electron chi connectivity index (χ4n) is 7.98. The Morgan fingerprint density at radius 3 is 1.90 bits per heavy atom. The average molecular weight is 465 g/mol. The second-order valence-electron chi connectivity index (χ2n) is 13.6. The molecule has 0 bridgehead atoms. The van der Waals surface area contributed by atoms with Crippen molar-refractivity contribution < 1.29 is 0 Å². The van der Waals surface area contributed by atoms with Crippen LogP contribution in [0.4, 0.5) is 0 Å². The van der Waals surface area contributed by atoms with Crippen molar-refractivity contribution >= 4 is 23.8 Å². The molecule has 4 fully saturated rings. The lowest BCUT2D eigenvalue weighted by Crippen LogP contribution is -2.39. The third-order valence-electron chi connectivity index (χ3n) is 8.62. The molecule has 0 nitrogen and oxygen atoms in total. The highest BCUT2D eigenvalue weighted by molar-refractivity contribution is 8.10. The highest BCUT2D eigenvalue weighted by atomic mass is 31.2. The standard InChI is InChI=1S/C27H47P3/c1-12-14-16-17-19-28-26(23(6,7)8)20-25(18-15-13-2)27(28,24(9,10)11)30(25)21(29(20)26)22(3,4)5/h20-21H,12-16,18H2,1-11H3/t20-,21-,25+,26+,27+,28+,29?,30?/m0/s1. The topological polar surface area (TPSA) is 0 Å². The number of hydrogen-bond acceptors (Lipinski definition) is 0. The monoisotopic (exact) mass is 464 g/mol. The van der Waals surface area contributed by atoms with E-state index >= 15 is 0 Å². The molecule has 8 atom stereocenters. The highest BCUT2D eigenvalue weighted by Gasteiger charge is 3.08. The van der Waals surface area contributed by atoms with Crippen molar-refractivity contribution in [2.24, 2.45) is 16.2 Å². The van der Waals surface area contributed by atoms with E-state index in [0.717, 1.165) is 17.5 Å². The third-order valence-corrected chi connectivity index (χ3v) is 25.5. The van der Waals surface area contributed by atoms with E-state index in [4.69, 9.17) is 0 Å². The van der Waals surface area contributed by atoms with Crippen molar-refractivity contribution in [2.75, 3.05) is 0 Å². The average Bonchev–Trinajstić information content (AvgIpc) is 3.39. The molecule has 4 aliphatic rings. The SMILES string of the molecule is CCCCC#C[P@]1[C@]2(C(C)(C)C)[C@H]3P2[C@H](C(C)(C)C)P2[C@@]3(CCCC)[C@@]21C(C)(C)C. The van der Waals surface area contributed by atoms with Gasteiger partial charge in [-0.2, -0.15) is 0 Å². The van der Waals surface area contributed by atoms with Crippen LogP contribution in [0.3, 0.4) is 0 Å². The predicted molar refractivity (Wildman–Crippen MR) is 142 cm³/mol. The molecule has 0 saturated carbocycles.